The van der Waals surface area contributed by atoms with Gasteiger partial charge in [0.15, 0.2) is 0 Å². The number of fused-ring (bicyclic) bond motifs is 1. The van der Waals surface area contributed by atoms with Crippen LogP contribution in [-0.4, -0.2) is 14.2 Å². The molecule has 0 radical (unpaired) electrons. The summed E-state index contributed by atoms with van der Waals surface area (Å²) in [5.74, 6) is 1.78. The van der Waals surface area contributed by atoms with Crippen molar-refractivity contribution in [1.29, 1.82) is 0 Å². The van der Waals surface area contributed by atoms with Crippen molar-refractivity contribution in [1.82, 2.24) is 0 Å². The van der Waals surface area contributed by atoms with Gasteiger partial charge < -0.3 is 9.47 Å². The maximum Gasteiger partial charge on any atom is 0.137 e. The van der Waals surface area contributed by atoms with Gasteiger partial charge in [-0.25, -0.2) is 0 Å². The van der Waals surface area contributed by atoms with E-state index in [0.717, 1.165) is 16.9 Å². The van der Waals surface area contributed by atoms with E-state index in [1.165, 1.54) is 4.70 Å². The summed E-state index contributed by atoms with van der Waals surface area (Å²) in [7, 11) is 3.35. The van der Waals surface area contributed by atoms with Crippen molar-refractivity contribution in [2.75, 3.05) is 14.2 Å². The highest BCUT2D eigenvalue weighted by Gasteiger charge is 2.04. The van der Waals surface area contributed by atoms with E-state index in [2.05, 4.69) is 0 Å². The summed E-state index contributed by atoms with van der Waals surface area (Å²) < 4.78 is 11.6. The van der Waals surface area contributed by atoms with E-state index in [9.17, 15) is 0 Å². The molecule has 0 amide bonds. The van der Waals surface area contributed by atoms with Gasteiger partial charge in [0.05, 0.1) is 14.2 Å². The lowest BCUT2D eigenvalue weighted by atomic mass is 10.2. The molecular weight excluding hydrogens is 184 g/mol. The molecule has 0 atom stereocenters. The van der Waals surface area contributed by atoms with E-state index in [0.29, 0.717) is 0 Å². The zero-order valence-electron chi connectivity index (χ0n) is 7.53. The van der Waals surface area contributed by atoms with Crippen LogP contribution >= 0.6 is 11.3 Å². The lowest BCUT2D eigenvalue weighted by molar-refractivity contribution is 0.413. The number of thiophene rings is 1. The van der Waals surface area contributed by atoms with Crippen LogP contribution in [0.1, 0.15) is 0 Å². The van der Waals surface area contributed by atoms with Crippen LogP contribution in [0.2, 0.25) is 0 Å². The van der Waals surface area contributed by atoms with E-state index in [4.69, 9.17) is 9.47 Å². The van der Waals surface area contributed by atoms with E-state index < -0.39 is 0 Å². The third-order valence-corrected chi connectivity index (χ3v) is 2.91. The van der Waals surface area contributed by atoms with Gasteiger partial charge in [-0.15, -0.1) is 11.3 Å². The fraction of sp³-hybridized carbons (Fsp3) is 0.200. The van der Waals surface area contributed by atoms with Gasteiger partial charge in [0, 0.05) is 15.5 Å². The average Bonchev–Trinajstić information content (AvgIpc) is 2.59. The second kappa shape index (κ2) is 3.26. The lowest BCUT2D eigenvalue weighted by Gasteiger charge is -2.00. The van der Waals surface area contributed by atoms with Crippen LogP contribution in [0.4, 0.5) is 0 Å². The summed E-state index contributed by atoms with van der Waals surface area (Å²) in [6.07, 6.45) is 0. The van der Waals surface area contributed by atoms with Crippen LogP contribution < -0.4 is 9.47 Å². The van der Waals surface area contributed by atoms with Gasteiger partial charge in [-0.05, 0) is 18.2 Å². The molecule has 0 saturated carbocycles. The first-order valence-electron chi connectivity index (χ1n) is 3.94. The monoisotopic (exact) mass is 194 g/mol. The Morgan fingerprint density at radius 1 is 1.15 bits per heavy atom. The Balaban J connectivity index is 2.64. The van der Waals surface area contributed by atoms with Crippen molar-refractivity contribution in [2.45, 2.75) is 0 Å². The number of hydrogen-bond donors (Lipinski definition) is 0. The molecule has 13 heavy (non-hydrogen) atoms. The number of rotatable bonds is 2. The Hall–Kier alpha value is -1.22. The van der Waals surface area contributed by atoms with E-state index >= 15 is 0 Å². The molecule has 0 saturated heterocycles. The Bertz CT molecular complexity index is 420. The largest absolute Gasteiger partial charge is 0.497 e. The number of benzene rings is 1. The van der Waals surface area contributed by atoms with E-state index in [1.54, 1.807) is 25.6 Å². The molecule has 0 bridgehead atoms. The molecule has 2 aromatic rings. The molecule has 0 aliphatic heterocycles. The van der Waals surface area contributed by atoms with Crippen LogP contribution in [-0.2, 0) is 0 Å². The fourth-order valence-electron chi connectivity index (χ4n) is 1.27. The van der Waals surface area contributed by atoms with Gasteiger partial charge >= 0.3 is 0 Å². The zero-order valence-corrected chi connectivity index (χ0v) is 8.35. The highest BCUT2D eigenvalue weighted by molar-refractivity contribution is 7.17. The van der Waals surface area contributed by atoms with Gasteiger partial charge in [0.1, 0.15) is 11.5 Å². The normalized spacial score (nSPS) is 10.3. The van der Waals surface area contributed by atoms with Gasteiger partial charge in [0.25, 0.3) is 0 Å². The van der Waals surface area contributed by atoms with Crippen LogP contribution in [0.3, 0.4) is 0 Å². The third kappa shape index (κ3) is 1.35. The zero-order chi connectivity index (χ0) is 9.26. The highest BCUT2D eigenvalue weighted by atomic mass is 32.1. The molecule has 0 fully saturated rings. The summed E-state index contributed by atoms with van der Waals surface area (Å²) in [5.41, 5.74) is 0. The molecule has 1 aromatic heterocycles. The molecule has 0 aliphatic rings. The van der Waals surface area contributed by atoms with Gasteiger partial charge in [-0.2, -0.15) is 0 Å². The standard InChI is InChI=1S/C10H10O2S/c1-11-7-3-4-10-8(5-7)9(12-2)6-13-10/h3-6H,1-2H3. The predicted octanol–water partition coefficient (Wildman–Crippen LogP) is 2.92. The summed E-state index contributed by atoms with van der Waals surface area (Å²) in [6.45, 7) is 0. The predicted molar refractivity (Wildman–Crippen MR) is 54.9 cm³/mol. The molecule has 0 N–H and O–H groups in total. The Kier molecular flexibility index (Phi) is 2.10. The number of methoxy groups -OCH3 is 2. The first-order valence-corrected chi connectivity index (χ1v) is 4.82. The average molecular weight is 194 g/mol. The number of ether oxygens (including phenoxy) is 2. The van der Waals surface area contributed by atoms with Crippen molar-refractivity contribution in [3.63, 3.8) is 0 Å². The Morgan fingerprint density at radius 2 is 2.00 bits per heavy atom. The van der Waals surface area contributed by atoms with E-state index in [-0.39, 0.29) is 0 Å². The first kappa shape index (κ1) is 8.38. The van der Waals surface area contributed by atoms with Crippen LogP contribution in [0, 0.1) is 0 Å². The molecular formula is C10H10O2S. The van der Waals surface area contributed by atoms with Crippen LogP contribution in [0.15, 0.2) is 23.6 Å². The SMILES string of the molecule is COc1ccc2scc(OC)c2c1. The van der Waals surface area contributed by atoms with Crippen molar-refractivity contribution in [3.8, 4) is 11.5 Å². The topological polar surface area (TPSA) is 18.5 Å². The maximum atomic E-state index is 5.22. The molecule has 2 rings (SSSR count). The van der Waals surface area contributed by atoms with E-state index in [1.807, 2.05) is 23.6 Å². The Labute approximate surface area is 80.7 Å². The molecule has 2 nitrogen and oxygen atoms in total. The summed E-state index contributed by atoms with van der Waals surface area (Å²) >= 11 is 1.68. The lowest BCUT2D eigenvalue weighted by Crippen LogP contribution is -1.82. The van der Waals surface area contributed by atoms with Gasteiger partial charge in [-0.1, -0.05) is 0 Å². The highest BCUT2D eigenvalue weighted by Crippen LogP contribution is 2.34. The molecule has 3 heteroatoms. The summed E-state index contributed by atoms with van der Waals surface area (Å²) in [4.78, 5) is 0. The smallest absolute Gasteiger partial charge is 0.137 e. The van der Waals surface area contributed by atoms with Gasteiger partial charge in [0.2, 0.25) is 0 Å². The van der Waals surface area contributed by atoms with Crippen molar-refractivity contribution >= 4 is 21.4 Å². The van der Waals surface area contributed by atoms with Gasteiger partial charge in [-0.3, -0.25) is 0 Å². The molecule has 1 aromatic carbocycles. The molecule has 0 spiro atoms. The second-order valence-corrected chi connectivity index (χ2v) is 3.58. The second-order valence-electron chi connectivity index (χ2n) is 2.67. The van der Waals surface area contributed by atoms with Crippen molar-refractivity contribution in [2.24, 2.45) is 0 Å². The molecule has 1 heterocycles. The summed E-state index contributed by atoms with van der Waals surface area (Å²) in [5, 5.41) is 3.12. The first-order chi connectivity index (χ1) is 6.35. The van der Waals surface area contributed by atoms with Crippen molar-refractivity contribution in [3.05, 3.63) is 23.6 Å². The molecule has 0 aliphatic carbocycles. The van der Waals surface area contributed by atoms with Crippen LogP contribution in [0.5, 0.6) is 11.5 Å². The van der Waals surface area contributed by atoms with Crippen LogP contribution in [0.25, 0.3) is 10.1 Å². The molecule has 68 valence electrons. The third-order valence-electron chi connectivity index (χ3n) is 1.97. The van der Waals surface area contributed by atoms with Crippen molar-refractivity contribution < 1.29 is 9.47 Å². The minimum absolute atomic E-state index is 0.865. The molecule has 0 unspecified atom stereocenters. The minimum atomic E-state index is 0.865. The maximum absolute atomic E-state index is 5.22. The number of hydrogen-bond acceptors (Lipinski definition) is 3. The quantitative estimate of drug-likeness (QED) is 0.731. The summed E-state index contributed by atoms with van der Waals surface area (Å²) in [6, 6.07) is 5.99. The minimum Gasteiger partial charge on any atom is -0.497 e. The fourth-order valence-corrected chi connectivity index (χ4v) is 2.16. The Morgan fingerprint density at radius 3 is 2.69 bits per heavy atom.